The Kier molecular flexibility index (Phi) is 3.17. The first kappa shape index (κ1) is 14.5. The lowest BCUT2D eigenvalue weighted by molar-refractivity contribution is 0.474. The minimum Gasteiger partial charge on any atom is -0.508 e. The van der Waals surface area contributed by atoms with Gasteiger partial charge in [-0.3, -0.25) is 4.79 Å². The van der Waals surface area contributed by atoms with Crippen molar-refractivity contribution in [3.8, 4) is 28.2 Å². The van der Waals surface area contributed by atoms with Crippen LogP contribution in [0.25, 0.3) is 33.4 Å². The summed E-state index contributed by atoms with van der Waals surface area (Å²) in [7, 11) is 0. The highest BCUT2D eigenvalue weighted by atomic mass is 16.3. The molecular weight excluding hydrogens is 300 g/mol. The molecule has 0 saturated carbocycles. The zero-order chi connectivity index (χ0) is 16.8. The molecule has 0 fully saturated rings. The number of hydrogen-bond acceptors (Lipinski definition) is 3. The molecule has 0 amide bonds. The van der Waals surface area contributed by atoms with Crippen molar-refractivity contribution in [1.29, 1.82) is 0 Å². The number of hydrogen-bond donors (Lipinski definition) is 1. The normalized spacial score (nSPS) is 11.2. The minimum absolute atomic E-state index is 0.0994. The molecule has 0 aromatic heterocycles. The Morgan fingerprint density at radius 3 is 2.54 bits per heavy atom. The van der Waals surface area contributed by atoms with Gasteiger partial charge >= 0.3 is 0 Å². The second-order valence-electron chi connectivity index (χ2n) is 6.13. The molecule has 118 valence electrons. The van der Waals surface area contributed by atoms with Crippen LogP contribution in [0.3, 0.4) is 0 Å². The fourth-order valence-corrected chi connectivity index (χ4v) is 3.15. The highest BCUT2D eigenvalue weighted by Gasteiger charge is 2.18. The molecule has 1 N–H and O–H groups in total. The van der Waals surface area contributed by atoms with Gasteiger partial charge in [-0.2, -0.15) is 0 Å². The van der Waals surface area contributed by atoms with E-state index in [9.17, 15) is 9.90 Å². The standard InChI is InChI=1S/C21H16O3/c1-12-3-4-13(2)18(9-12)21-16-7-5-14(22)10-19(16)24-20-11-15(23)6-8-17(20)21/h3-11,22H,1-2H3. The van der Waals surface area contributed by atoms with Crippen molar-refractivity contribution >= 4 is 11.0 Å². The van der Waals surface area contributed by atoms with Gasteiger partial charge in [-0.15, -0.1) is 0 Å². The summed E-state index contributed by atoms with van der Waals surface area (Å²) in [6.45, 7) is 4.13. The Morgan fingerprint density at radius 2 is 1.71 bits per heavy atom. The minimum atomic E-state index is -0.0994. The van der Waals surface area contributed by atoms with E-state index in [0.29, 0.717) is 11.3 Å². The van der Waals surface area contributed by atoms with Crippen LogP contribution in [0.2, 0.25) is 0 Å². The molecule has 3 nitrogen and oxygen atoms in total. The maximum absolute atomic E-state index is 11.7. The van der Waals surface area contributed by atoms with Crippen LogP contribution in [-0.2, 0) is 0 Å². The molecule has 0 unspecified atom stereocenters. The summed E-state index contributed by atoms with van der Waals surface area (Å²) < 4.78 is 5.88. The average molecular weight is 316 g/mol. The van der Waals surface area contributed by atoms with Gasteiger partial charge in [0.1, 0.15) is 17.1 Å². The smallest absolute Gasteiger partial charge is 0.182 e. The summed E-state index contributed by atoms with van der Waals surface area (Å²) in [5.74, 6) is 0.660. The second-order valence-corrected chi connectivity index (χ2v) is 6.13. The Labute approximate surface area is 139 Å². The van der Waals surface area contributed by atoms with E-state index < -0.39 is 0 Å². The van der Waals surface area contributed by atoms with E-state index in [4.69, 9.17) is 4.42 Å². The van der Waals surface area contributed by atoms with Gasteiger partial charge in [-0.25, -0.2) is 0 Å². The van der Waals surface area contributed by atoms with Crippen LogP contribution < -0.4 is 5.43 Å². The quantitative estimate of drug-likeness (QED) is 0.509. The van der Waals surface area contributed by atoms with E-state index in [0.717, 1.165) is 33.2 Å². The van der Waals surface area contributed by atoms with Crippen LogP contribution in [0.1, 0.15) is 11.1 Å². The van der Waals surface area contributed by atoms with Gasteiger partial charge in [0.2, 0.25) is 0 Å². The number of benzene rings is 3. The van der Waals surface area contributed by atoms with Crippen LogP contribution in [0.4, 0.5) is 0 Å². The maximum Gasteiger partial charge on any atom is 0.182 e. The maximum atomic E-state index is 11.7. The summed E-state index contributed by atoms with van der Waals surface area (Å²) >= 11 is 0. The molecule has 1 aliphatic carbocycles. The molecule has 2 aromatic carbocycles. The molecule has 0 atom stereocenters. The summed E-state index contributed by atoms with van der Waals surface area (Å²) in [6, 6.07) is 16.3. The van der Waals surface area contributed by atoms with Gasteiger partial charge in [-0.05, 0) is 49.2 Å². The van der Waals surface area contributed by atoms with Gasteiger partial charge in [0.05, 0.1) is 0 Å². The number of aryl methyl sites for hydroxylation is 2. The first-order chi connectivity index (χ1) is 11.5. The number of phenols is 1. The monoisotopic (exact) mass is 316 g/mol. The molecule has 4 rings (SSSR count). The van der Waals surface area contributed by atoms with Crippen LogP contribution in [-0.4, -0.2) is 5.11 Å². The molecule has 3 heteroatoms. The summed E-state index contributed by atoms with van der Waals surface area (Å²) in [5, 5.41) is 10.7. The molecule has 2 aromatic rings. The first-order valence-corrected chi connectivity index (χ1v) is 7.80. The highest BCUT2D eigenvalue weighted by molar-refractivity contribution is 6.02. The molecule has 24 heavy (non-hydrogen) atoms. The molecular formula is C21H16O3. The van der Waals surface area contributed by atoms with E-state index in [1.807, 2.05) is 12.1 Å². The van der Waals surface area contributed by atoms with Crippen molar-refractivity contribution in [3.63, 3.8) is 0 Å². The van der Waals surface area contributed by atoms with Crippen molar-refractivity contribution in [3.05, 3.63) is 75.9 Å². The Balaban J connectivity index is 2.23. The van der Waals surface area contributed by atoms with Crippen LogP contribution >= 0.6 is 0 Å². The second kappa shape index (κ2) is 5.24. The highest BCUT2D eigenvalue weighted by Crippen LogP contribution is 2.41. The molecule has 1 heterocycles. The lowest BCUT2D eigenvalue weighted by atomic mass is 9.90. The van der Waals surface area contributed by atoms with E-state index >= 15 is 0 Å². The van der Waals surface area contributed by atoms with Gasteiger partial charge < -0.3 is 9.52 Å². The lowest BCUT2D eigenvalue weighted by Crippen LogP contribution is -2.00. The van der Waals surface area contributed by atoms with Crippen molar-refractivity contribution in [2.45, 2.75) is 13.8 Å². The number of fused-ring (bicyclic) bond motifs is 2. The topological polar surface area (TPSA) is 50.4 Å². The SMILES string of the molecule is Cc1ccc(C)c(-c2c3ccc(=O)cc-3oc3cc(O)ccc23)c1. The predicted octanol–water partition coefficient (Wildman–Crippen LogP) is 4.89. The molecule has 2 aliphatic rings. The first-order valence-electron chi connectivity index (χ1n) is 7.80. The summed E-state index contributed by atoms with van der Waals surface area (Å²) in [4.78, 5) is 11.7. The third-order valence-electron chi connectivity index (χ3n) is 4.34. The van der Waals surface area contributed by atoms with Crippen molar-refractivity contribution in [2.24, 2.45) is 0 Å². The molecule has 0 saturated heterocycles. The van der Waals surface area contributed by atoms with Gasteiger partial charge in [0, 0.05) is 28.6 Å². The lowest BCUT2D eigenvalue weighted by Gasteiger charge is -2.17. The fraction of sp³-hybridized carbons (Fsp3) is 0.0952. The Morgan fingerprint density at radius 1 is 0.875 bits per heavy atom. The Bertz CT molecular complexity index is 1110. The molecule has 0 spiro atoms. The number of phenolic OH excluding ortho intramolecular Hbond substituents is 1. The van der Waals surface area contributed by atoms with Crippen molar-refractivity contribution in [2.75, 3.05) is 0 Å². The predicted molar refractivity (Wildman–Crippen MR) is 95.7 cm³/mol. The average Bonchev–Trinajstić information content (AvgIpc) is 2.55. The van der Waals surface area contributed by atoms with Crippen LogP contribution in [0.15, 0.2) is 63.8 Å². The van der Waals surface area contributed by atoms with E-state index in [1.165, 1.54) is 6.07 Å². The molecule has 1 aliphatic heterocycles. The zero-order valence-electron chi connectivity index (χ0n) is 13.5. The van der Waals surface area contributed by atoms with E-state index in [1.54, 1.807) is 18.2 Å². The van der Waals surface area contributed by atoms with Gasteiger partial charge in [-0.1, -0.05) is 23.8 Å². The molecule has 0 bridgehead atoms. The van der Waals surface area contributed by atoms with E-state index in [2.05, 4.69) is 32.0 Å². The summed E-state index contributed by atoms with van der Waals surface area (Å²) in [5.41, 5.74) is 5.78. The fourth-order valence-electron chi connectivity index (χ4n) is 3.15. The number of aromatic hydroxyl groups is 1. The van der Waals surface area contributed by atoms with Gasteiger partial charge in [0.25, 0.3) is 0 Å². The largest absolute Gasteiger partial charge is 0.508 e. The molecule has 0 radical (unpaired) electrons. The third kappa shape index (κ3) is 2.26. The Hall–Kier alpha value is -3.07. The van der Waals surface area contributed by atoms with Crippen LogP contribution in [0.5, 0.6) is 5.75 Å². The third-order valence-corrected chi connectivity index (χ3v) is 4.34. The number of rotatable bonds is 1. The van der Waals surface area contributed by atoms with E-state index in [-0.39, 0.29) is 11.2 Å². The van der Waals surface area contributed by atoms with Crippen LogP contribution in [0, 0.1) is 13.8 Å². The van der Waals surface area contributed by atoms with Gasteiger partial charge in [0.15, 0.2) is 5.43 Å². The zero-order valence-corrected chi connectivity index (χ0v) is 13.5. The van der Waals surface area contributed by atoms with Crippen molar-refractivity contribution in [1.82, 2.24) is 0 Å². The summed E-state index contributed by atoms with van der Waals surface area (Å²) in [6.07, 6.45) is 0. The van der Waals surface area contributed by atoms with Crippen molar-refractivity contribution < 1.29 is 9.52 Å².